The average molecular weight is 928 g/mol. The lowest BCUT2D eigenvalue weighted by Crippen LogP contribution is -2.30. The number of hydrogen-bond donors (Lipinski definition) is 0. The first-order chi connectivity index (χ1) is 32.5. The van der Waals surface area contributed by atoms with Crippen LogP contribution in [0, 0.1) is 0 Å². The number of ether oxygens (including phenoxy) is 3. The molecule has 0 aliphatic heterocycles. The van der Waals surface area contributed by atoms with Gasteiger partial charge in [0.15, 0.2) is 6.10 Å². The van der Waals surface area contributed by atoms with Gasteiger partial charge in [0, 0.05) is 19.3 Å². The zero-order chi connectivity index (χ0) is 47.9. The maximum atomic E-state index is 12.8. The fourth-order valence-electron chi connectivity index (χ4n) is 8.48. The van der Waals surface area contributed by atoms with E-state index in [4.69, 9.17) is 14.2 Å². The summed E-state index contributed by atoms with van der Waals surface area (Å²) < 4.78 is 16.8. The highest BCUT2D eigenvalue weighted by molar-refractivity contribution is 5.71. The normalized spacial score (nSPS) is 12.2. The molecule has 0 radical (unpaired) electrons. The first kappa shape index (κ1) is 63.6. The van der Waals surface area contributed by atoms with Crippen LogP contribution in [-0.2, 0) is 28.6 Å². The van der Waals surface area contributed by atoms with Crippen molar-refractivity contribution >= 4 is 17.9 Å². The highest BCUT2D eigenvalue weighted by Crippen LogP contribution is 2.16. The van der Waals surface area contributed by atoms with Crippen molar-refractivity contribution in [1.82, 2.24) is 0 Å². The first-order valence-corrected chi connectivity index (χ1v) is 29.0. The molecule has 1 unspecified atom stereocenters. The van der Waals surface area contributed by atoms with Crippen molar-refractivity contribution in [2.45, 2.75) is 316 Å². The minimum atomic E-state index is -0.776. The van der Waals surface area contributed by atoms with Crippen LogP contribution >= 0.6 is 0 Å². The summed E-state index contributed by atoms with van der Waals surface area (Å²) in [6.07, 6.45) is 65.7. The summed E-state index contributed by atoms with van der Waals surface area (Å²) in [7, 11) is 0. The highest BCUT2D eigenvalue weighted by Gasteiger charge is 2.19. The quantitative estimate of drug-likeness (QED) is 0.0262. The Hall–Kier alpha value is -2.37. The van der Waals surface area contributed by atoms with Crippen LogP contribution in [0.1, 0.15) is 310 Å². The van der Waals surface area contributed by atoms with Crippen molar-refractivity contribution in [2.75, 3.05) is 13.2 Å². The van der Waals surface area contributed by atoms with Crippen molar-refractivity contribution < 1.29 is 28.6 Å². The molecule has 0 amide bonds. The number of esters is 3. The molecule has 0 bridgehead atoms. The van der Waals surface area contributed by atoms with Crippen molar-refractivity contribution in [3.8, 4) is 0 Å². The third-order valence-electron chi connectivity index (χ3n) is 12.8. The topological polar surface area (TPSA) is 78.9 Å². The van der Waals surface area contributed by atoms with Gasteiger partial charge in [-0.1, -0.05) is 256 Å². The van der Waals surface area contributed by atoms with E-state index < -0.39 is 6.10 Å². The van der Waals surface area contributed by atoms with Gasteiger partial charge in [0.1, 0.15) is 13.2 Å². The van der Waals surface area contributed by atoms with Gasteiger partial charge in [0.05, 0.1) is 0 Å². The van der Waals surface area contributed by atoms with Crippen LogP contribution in [0.3, 0.4) is 0 Å². The van der Waals surface area contributed by atoms with Crippen LogP contribution in [0.5, 0.6) is 0 Å². The second-order valence-corrected chi connectivity index (χ2v) is 19.6. The number of carbonyl (C=O) groups excluding carboxylic acids is 3. The molecule has 0 aliphatic carbocycles. The van der Waals surface area contributed by atoms with Gasteiger partial charge in [-0.3, -0.25) is 14.4 Å². The molecular formula is C60H110O6. The Bertz CT molecular complexity index is 1110. The van der Waals surface area contributed by atoms with Gasteiger partial charge >= 0.3 is 17.9 Å². The van der Waals surface area contributed by atoms with Crippen LogP contribution < -0.4 is 0 Å². The average Bonchev–Trinajstić information content (AvgIpc) is 3.31. The van der Waals surface area contributed by atoms with E-state index in [2.05, 4.69) is 57.2 Å². The van der Waals surface area contributed by atoms with Gasteiger partial charge in [0.25, 0.3) is 0 Å². The highest BCUT2D eigenvalue weighted by atomic mass is 16.6. The molecule has 66 heavy (non-hydrogen) atoms. The molecular weight excluding hydrogens is 817 g/mol. The summed E-state index contributed by atoms with van der Waals surface area (Å²) in [5.74, 6) is -0.875. The fourth-order valence-corrected chi connectivity index (χ4v) is 8.48. The van der Waals surface area contributed by atoms with E-state index in [1.165, 1.54) is 180 Å². The number of allylic oxidation sites excluding steroid dienone is 6. The van der Waals surface area contributed by atoms with Gasteiger partial charge in [-0.15, -0.1) is 0 Å². The van der Waals surface area contributed by atoms with E-state index >= 15 is 0 Å². The second-order valence-electron chi connectivity index (χ2n) is 19.6. The van der Waals surface area contributed by atoms with Crippen molar-refractivity contribution in [3.63, 3.8) is 0 Å². The Balaban J connectivity index is 4.24. The lowest BCUT2D eigenvalue weighted by Gasteiger charge is -2.18. The molecule has 0 aromatic carbocycles. The van der Waals surface area contributed by atoms with Crippen LogP contribution in [0.4, 0.5) is 0 Å². The largest absolute Gasteiger partial charge is 0.462 e. The molecule has 6 heteroatoms. The Labute approximate surface area is 410 Å². The Kier molecular flexibility index (Phi) is 53.2. The molecule has 386 valence electrons. The summed E-state index contributed by atoms with van der Waals surface area (Å²) in [5, 5.41) is 0. The van der Waals surface area contributed by atoms with Gasteiger partial charge in [0.2, 0.25) is 0 Å². The molecule has 0 rings (SSSR count). The summed E-state index contributed by atoms with van der Waals surface area (Å²) >= 11 is 0. The lowest BCUT2D eigenvalue weighted by molar-refractivity contribution is -0.167. The molecule has 6 nitrogen and oxygen atoms in total. The predicted molar refractivity (Wildman–Crippen MR) is 284 cm³/mol. The van der Waals surface area contributed by atoms with E-state index in [-0.39, 0.29) is 31.1 Å². The summed E-state index contributed by atoms with van der Waals surface area (Å²) in [5.41, 5.74) is 0. The van der Waals surface area contributed by atoms with Crippen molar-refractivity contribution in [2.24, 2.45) is 0 Å². The first-order valence-electron chi connectivity index (χ1n) is 29.0. The molecule has 0 heterocycles. The number of carbonyl (C=O) groups is 3. The molecule has 0 aromatic heterocycles. The molecule has 0 saturated carbocycles. The van der Waals surface area contributed by atoms with E-state index in [0.717, 1.165) is 89.9 Å². The van der Waals surface area contributed by atoms with Gasteiger partial charge in [-0.2, -0.15) is 0 Å². The number of unbranched alkanes of at least 4 members (excludes halogenated alkanes) is 36. The molecule has 0 saturated heterocycles. The van der Waals surface area contributed by atoms with Crippen LogP contribution in [0.15, 0.2) is 36.5 Å². The van der Waals surface area contributed by atoms with Gasteiger partial charge in [-0.05, 0) is 70.6 Å². The third-order valence-corrected chi connectivity index (χ3v) is 12.8. The zero-order valence-electron chi connectivity index (χ0n) is 44.2. The Morgan fingerprint density at radius 3 is 0.909 bits per heavy atom. The van der Waals surface area contributed by atoms with E-state index in [1.54, 1.807) is 0 Å². The van der Waals surface area contributed by atoms with Gasteiger partial charge < -0.3 is 14.2 Å². The smallest absolute Gasteiger partial charge is 0.306 e. The number of rotatable bonds is 53. The van der Waals surface area contributed by atoms with Crippen molar-refractivity contribution in [1.29, 1.82) is 0 Å². The molecule has 0 aliphatic rings. The van der Waals surface area contributed by atoms with Crippen LogP contribution in [-0.4, -0.2) is 37.2 Å². The van der Waals surface area contributed by atoms with E-state index in [1.807, 2.05) is 0 Å². The summed E-state index contributed by atoms with van der Waals surface area (Å²) in [6, 6.07) is 0. The predicted octanol–water partition coefficient (Wildman–Crippen LogP) is 19.3. The maximum Gasteiger partial charge on any atom is 0.306 e. The maximum absolute atomic E-state index is 12.8. The summed E-state index contributed by atoms with van der Waals surface area (Å²) in [4.78, 5) is 38.1. The fraction of sp³-hybridized carbons (Fsp3) is 0.850. The summed E-state index contributed by atoms with van der Waals surface area (Å²) in [6.45, 7) is 6.59. The molecule has 0 N–H and O–H groups in total. The monoisotopic (exact) mass is 927 g/mol. The molecule has 0 aromatic rings. The standard InChI is InChI=1S/C60H110O6/c1-4-7-10-13-16-19-22-25-26-27-28-29-30-31-32-33-34-36-38-41-44-47-50-53-59(62)65-56-57(55-64-58(61)52-49-46-43-40-37-24-21-18-15-12-9-6-3)66-60(63)54-51-48-45-42-39-35-23-20-17-14-11-8-5-2/h11,14,20,23,27-28,57H,4-10,12-13,15-19,21-22,24-26,29-56H2,1-3H3/b14-11-,23-20-,28-27-. The van der Waals surface area contributed by atoms with Crippen LogP contribution in [0.25, 0.3) is 0 Å². The third kappa shape index (κ3) is 52.6. The SMILES string of the molecule is CCC/C=C\C/C=C\CCCCCCCC(=O)OC(COC(=O)CCCCCCCCCCCCCC)COC(=O)CCCCCCCCCCCCC/C=C\CCCCCCCCCC. The van der Waals surface area contributed by atoms with Crippen molar-refractivity contribution in [3.05, 3.63) is 36.5 Å². The zero-order valence-corrected chi connectivity index (χ0v) is 44.2. The molecule has 1 atom stereocenters. The number of hydrogen-bond acceptors (Lipinski definition) is 6. The Morgan fingerprint density at radius 1 is 0.303 bits per heavy atom. The van der Waals surface area contributed by atoms with Gasteiger partial charge in [-0.25, -0.2) is 0 Å². The molecule has 0 spiro atoms. The second kappa shape index (κ2) is 55.2. The van der Waals surface area contributed by atoms with Crippen LogP contribution in [0.2, 0.25) is 0 Å². The molecule has 0 fully saturated rings. The minimum Gasteiger partial charge on any atom is -0.462 e. The minimum absolute atomic E-state index is 0.0746. The van der Waals surface area contributed by atoms with E-state index in [0.29, 0.717) is 19.3 Å². The Morgan fingerprint density at radius 2 is 0.576 bits per heavy atom. The lowest BCUT2D eigenvalue weighted by atomic mass is 10.0. The van der Waals surface area contributed by atoms with E-state index in [9.17, 15) is 14.4 Å².